The van der Waals surface area contributed by atoms with Crippen LogP contribution in [0.2, 0.25) is 0 Å². The Bertz CT molecular complexity index is 401. The lowest BCUT2D eigenvalue weighted by Crippen LogP contribution is -2.38. The number of hydrogen-bond acceptors (Lipinski definition) is 3. The van der Waals surface area contributed by atoms with Crippen LogP contribution in [-0.2, 0) is 13.8 Å². The summed E-state index contributed by atoms with van der Waals surface area (Å²) in [6.45, 7) is 2.81. The Morgan fingerprint density at radius 2 is 1.75 bits per heavy atom. The van der Waals surface area contributed by atoms with Gasteiger partial charge in [0.1, 0.15) is 0 Å². The number of hydrogen-bond donors (Lipinski definition) is 0. The first-order valence-corrected chi connectivity index (χ1v) is 10.4. The molecule has 0 aromatic heterocycles. The molecule has 2 aliphatic carbocycles. The molecule has 0 aliphatic heterocycles. The molecule has 2 saturated carbocycles. The van der Waals surface area contributed by atoms with Crippen molar-refractivity contribution in [1.82, 2.24) is 0 Å². The van der Waals surface area contributed by atoms with E-state index in [9.17, 15) is 8.42 Å². The third-order valence-electron chi connectivity index (χ3n) is 5.03. The zero-order valence-electron chi connectivity index (χ0n) is 12.4. The molecular weight excluding hydrogens is 296 g/mol. The molecule has 0 spiro atoms. The van der Waals surface area contributed by atoms with Gasteiger partial charge in [0.2, 0.25) is 9.05 Å². The highest BCUT2D eigenvalue weighted by Gasteiger charge is 2.37. The maximum Gasteiger partial charge on any atom is 0.233 e. The van der Waals surface area contributed by atoms with E-state index in [4.69, 9.17) is 15.4 Å². The number of ether oxygens (including phenoxy) is 1. The van der Waals surface area contributed by atoms with Gasteiger partial charge in [0.05, 0.1) is 18.5 Å². The van der Waals surface area contributed by atoms with Crippen molar-refractivity contribution in [2.45, 2.75) is 70.8 Å². The van der Waals surface area contributed by atoms with Gasteiger partial charge in [0, 0.05) is 16.1 Å². The standard InChI is InChI=1S/C15H27ClO3S/c1-13-7-3-4-8-14(13)19-11-15(12-20(16,17)18)9-5-2-6-10-15/h13-14H,2-12H2,1H3. The van der Waals surface area contributed by atoms with Crippen molar-refractivity contribution < 1.29 is 13.2 Å². The fourth-order valence-corrected chi connectivity index (χ4v) is 5.61. The summed E-state index contributed by atoms with van der Waals surface area (Å²) in [4.78, 5) is 0. The van der Waals surface area contributed by atoms with Crippen LogP contribution in [0.25, 0.3) is 0 Å². The van der Waals surface area contributed by atoms with Crippen LogP contribution < -0.4 is 0 Å². The van der Waals surface area contributed by atoms with E-state index in [0.717, 1.165) is 32.1 Å². The number of halogens is 1. The van der Waals surface area contributed by atoms with Gasteiger partial charge in [-0.1, -0.05) is 39.0 Å². The molecule has 2 rings (SSSR count). The summed E-state index contributed by atoms with van der Waals surface area (Å²) in [6.07, 6.45) is 10.4. The quantitative estimate of drug-likeness (QED) is 0.716. The van der Waals surface area contributed by atoms with Crippen LogP contribution in [0.15, 0.2) is 0 Å². The van der Waals surface area contributed by atoms with Crippen molar-refractivity contribution in [1.29, 1.82) is 0 Å². The second-order valence-corrected chi connectivity index (χ2v) is 9.63. The summed E-state index contributed by atoms with van der Waals surface area (Å²) in [7, 11) is 2.07. The van der Waals surface area contributed by atoms with E-state index < -0.39 is 9.05 Å². The van der Waals surface area contributed by atoms with Crippen LogP contribution in [0.4, 0.5) is 0 Å². The Morgan fingerprint density at radius 3 is 2.35 bits per heavy atom. The maximum atomic E-state index is 11.5. The zero-order valence-corrected chi connectivity index (χ0v) is 14.0. The molecule has 20 heavy (non-hydrogen) atoms. The minimum Gasteiger partial charge on any atom is -0.377 e. The molecule has 0 heterocycles. The molecule has 118 valence electrons. The second-order valence-electron chi connectivity index (χ2n) is 6.86. The van der Waals surface area contributed by atoms with Crippen LogP contribution in [0.5, 0.6) is 0 Å². The van der Waals surface area contributed by atoms with Gasteiger partial charge in [-0.25, -0.2) is 8.42 Å². The van der Waals surface area contributed by atoms with Gasteiger partial charge in [0.25, 0.3) is 0 Å². The summed E-state index contributed by atoms with van der Waals surface area (Å²) < 4.78 is 29.2. The predicted molar refractivity (Wildman–Crippen MR) is 82.5 cm³/mol. The Kier molecular flexibility index (Phi) is 5.78. The smallest absolute Gasteiger partial charge is 0.233 e. The van der Waals surface area contributed by atoms with E-state index in [2.05, 4.69) is 6.92 Å². The van der Waals surface area contributed by atoms with Gasteiger partial charge in [-0.15, -0.1) is 0 Å². The van der Waals surface area contributed by atoms with Crippen LogP contribution >= 0.6 is 10.7 Å². The van der Waals surface area contributed by atoms with Crippen molar-refractivity contribution in [2.75, 3.05) is 12.4 Å². The maximum absolute atomic E-state index is 11.5. The van der Waals surface area contributed by atoms with Crippen molar-refractivity contribution in [2.24, 2.45) is 11.3 Å². The molecule has 0 radical (unpaired) electrons. The SMILES string of the molecule is CC1CCCCC1OCC1(CS(=O)(=O)Cl)CCCCC1. The summed E-state index contributed by atoms with van der Waals surface area (Å²) >= 11 is 0. The second kappa shape index (κ2) is 6.97. The lowest BCUT2D eigenvalue weighted by atomic mass is 9.76. The summed E-state index contributed by atoms with van der Waals surface area (Å²) in [5.74, 6) is 0.667. The van der Waals surface area contributed by atoms with Gasteiger partial charge < -0.3 is 4.74 Å². The minimum absolute atomic E-state index is 0.0721. The Morgan fingerprint density at radius 1 is 1.10 bits per heavy atom. The summed E-state index contributed by atoms with van der Waals surface area (Å²) in [5, 5.41) is 0. The van der Waals surface area contributed by atoms with Crippen molar-refractivity contribution >= 4 is 19.7 Å². The molecule has 2 aliphatic rings. The minimum atomic E-state index is -3.46. The van der Waals surface area contributed by atoms with E-state index in [0.29, 0.717) is 18.6 Å². The van der Waals surface area contributed by atoms with E-state index in [1.807, 2.05) is 0 Å². The Balaban J connectivity index is 1.96. The number of rotatable bonds is 5. The largest absolute Gasteiger partial charge is 0.377 e. The average molecular weight is 323 g/mol. The molecule has 0 saturated heterocycles. The highest BCUT2D eigenvalue weighted by atomic mass is 35.7. The van der Waals surface area contributed by atoms with Crippen LogP contribution in [0, 0.1) is 11.3 Å². The van der Waals surface area contributed by atoms with Gasteiger partial charge in [-0.3, -0.25) is 0 Å². The van der Waals surface area contributed by atoms with Gasteiger partial charge >= 0.3 is 0 Å². The third kappa shape index (κ3) is 4.88. The highest BCUT2D eigenvalue weighted by molar-refractivity contribution is 8.13. The third-order valence-corrected chi connectivity index (χ3v) is 6.31. The predicted octanol–water partition coefficient (Wildman–Crippen LogP) is 4.10. The van der Waals surface area contributed by atoms with E-state index in [1.54, 1.807) is 0 Å². The van der Waals surface area contributed by atoms with Crippen molar-refractivity contribution in [3.8, 4) is 0 Å². The van der Waals surface area contributed by atoms with Crippen LogP contribution in [0.1, 0.15) is 64.7 Å². The Labute approximate surface area is 127 Å². The van der Waals surface area contributed by atoms with E-state index in [1.165, 1.54) is 25.7 Å². The molecule has 0 N–H and O–H groups in total. The molecule has 3 nitrogen and oxygen atoms in total. The van der Waals surface area contributed by atoms with Crippen molar-refractivity contribution in [3.05, 3.63) is 0 Å². The topological polar surface area (TPSA) is 43.4 Å². The van der Waals surface area contributed by atoms with E-state index >= 15 is 0 Å². The van der Waals surface area contributed by atoms with Crippen LogP contribution in [0.3, 0.4) is 0 Å². The molecule has 0 amide bonds. The first-order chi connectivity index (χ1) is 9.40. The molecule has 5 heteroatoms. The molecule has 2 unspecified atom stereocenters. The highest BCUT2D eigenvalue weighted by Crippen LogP contribution is 2.39. The van der Waals surface area contributed by atoms with E-state index in [-0.39, 0.29) is 11.2 Å². The van der Waals surface area contributed by atoms with Gasteiger partial charge in [-0.2, -0.15) is 0 Å². The average Bonchev–Trinajstić information content (AvgIpc) is 2.37. The normalized spacial score (nSPS) is 31.1. The summed E-state index contributed by atoms with van der Waals surface area (Å²) in [5.41, 5.74) is -0.240. The molecule has 0 aromatic carbocycles. The molecule has 0 aromatic rings. The molecule has 2 fully saturated rings. The monoisotopic (exact) mass is 322 g/mol. The Hall–Kier alpha value is 0.200. The molecular formula is C15H27ClO3S. The zero-order chi connectivity index (χ0) is 14.6. The molecule has 2 atom stereocenters. The van der Waals surface area contributed by atoms with Gasteiger partial charge in [-0.05, 0) is 31.6 Å². The summed E-state index contributed by atoms with van der Waals surface area (Å²) in [6, 6.07) is 0. The lowest BCUT2D eigenvalue weighted by molar-refractivity contribution is -0.0526. The van der Waals surface area contributed by atoms with Crippen LogP contribution in [-0.4, -0.2) is 26.9 Å². The van der Waals surface area contributed by atoms with Gasteiger partial charge in [0.15, 0.2) is 0 Å². The first kappa shape index (κ1) is 16.6. The first-order valence-electron chi connectivity index (χ1n) is 7.94. The fourth-order valence-electron chi connectivity index (χ4n) is 3.81. The molecule has 0 bridgehead atoms. The van der Waals surface area contributed by atoms with Crippen molar-refractivity contribution in [3.63, 3.8) is 0 Å². The fraction of sp³-hybridized carbons (Fsp3) is 1.00. The lowest BCUT2D eigenvalue weighted by Gasteiger charge is -2.39.